The van der Waals surface area contributed by atoms with Crippen LogP contribution in [-0.4, -0.2) is 16.2 Å². The first-order chi connectivity index (χ1) is 11.4. The SMILES string of the molecule is C(=N/Nc1ccccc1)/c1ccc2nc3ccccc3nc2c1. The summed E-state index contributed by atoms with van der Waals surface area (Å²) in [5.41, 5.74) is 8.50. The molecule has 23 heavy (non-hydrogen) atoms. The largest absolute Gasteiger partial charge is 0.279 e. The summed E-state index contributed by atoms with van der Waals surface area (Å²) in [5.74, 6) is 0. The molecule has 0 fully saturated rings. The molecular weight excluding hydrogens is 284 g/mol. The Balaban J connectivity index is 1.64. The summed E-state index contributed by atoms with van der Waals surface area (Å²) in [7, 11) is 0. The molecule has 4 nitrogen and oxygen atoms in total. The third-order valence-corrected chi connectivity index (χ3v) is 3.54. The van der Waals surface area contributed by atoms with Gasteiger partial charge < -0.3 is 0 Å². The van der Waals surface area contributed by atoms with Crippen LogP contribution in [0, 0.1) is 0 Å². The highest BCUT2D eigenvalue weighted by atomic mass is 15.3. The first-order valence-electron chi connectivity index (χ1n) is 7.39. The Morgan fingerprint density at radius 3 is 2.13 bits per heavy atom. The van der Waals surface area contributed by atoms with Gasteiger partial charge in [-0.3, -0.25) is 5.43 Å². The molecule has 0 spiro atoms. The molecular formula is C19H14N4. The highest BCUT2D eigenvalue weighted by Crippen LogP contribution is 2.16. The second kappa shape index (κ2) is 5.85. The number of rotatable bonds is 3. The van der Waals surface area contributed by atoms with E-state index in [1.807, 2.05) is 72.8 Å². The summed E-state index contributed by atoms with van der Waals surface area (Å²) in [6.45, 7) is 0. The molecule has 4 aromatic rings. The summed E-state index contributed by atoms with van der Waals surface area (Å²) in [4.78, 5) is 9.28. The lowest BCUT2D eigenvalue weighted by Gasteiger charge is -2.02. The fraction of sp³-hybridized carbons (Fsp3) is 0. The maximum Gasteiger partial charge on any atom is 0.0901 e. The second-order valence-electron chi connectivity index (χ2n) is 5.20. The van der Waals surface area contributed by atoms with Crippen LogP contribution in [-0.2, 0) is 0 Å². The Kier molecular flexibility index (Phi) is 3.41. The van der Waals surface area contributed by atoms with E-state index in [1.165, 1.54) is 0 Å². The van der Waals surface area contributed by atoms with Crippen LogP contribution >= 0.6 is 0 Å². The van der Waals surface area contributed by atoms with Gasteiger partial charge in [0.05, 0.1) is 34.0 Å². The minimum Gasteiger partial charge on any atom is -0.279 e. The van der Waals surface area contributed by atoms with Crippen molar-refractivity contribution in [2.24, 2.45) is 5.10 Å². The first-order valence-corrected chi connectivity index (χ1v) is 7.39. The number of aromatic nitrogens is 2. The van der Waals surface area contributed by atoms with Gasteiger partial charge in [-0.2, -0.15) is 5.10 Å². The molecule has 0 atom stereocenters. The van der Waals surface area contributed by atoms with Gasteiger partial charge in [-0.15, -0.1) is 0 Å². The Bertz CT molecular complexity index is 994. The molecule has 0 radical (unpaired) electrons. The summed E-state index contributed by atoms with van der Waals surface area (Å²) in [6.07, 6.45) is 1.78. The molecule has 0 saturated heterocycles. The molecule has 0 aliphatic carbocycles. The minimum atomic E-state index is 0.868. The van der Waals surface area contributed by atoms with E-state index in [2.05, 4.69) is 20.5 Å². The fourth-order valence-electron chi connectivity index (χ4n) is 2.41. The van der Waals surface area contributed by atoms with E-state index >= 15 is 0 Å². The number of fused-ring (bicyclic) bond motifs is 2. The Labute approximate surface area is 133 Å². The molecule has 1 heterocycles. The fourth-order valence-corrected chi connectivity index (χ4v) is 2.41. The molecule has 0 unspecified atom stereocenters. The molecule has 0 amide bonds. The van der Waals surface area contributed by atoms with Crippen molar-refractivity contribution in [2.45, 2.75) is 0 Å². The highest BCUT2D eigenvalue weighted by Gasteiger charge is 2.01. The monoisotopic (exact) mass is 298 g/mol. The van der Waals surface area contributed by atoms with Gasteiger partial charge >= 0.3 is 0 Å². The molecule has 4 rings (SSSR count). The molecule has 0 saturated carbocycles. The number of hydrazone groups is 1. The molecule has 4 heteroatoms. The average molecular weight is 298 g/mol. The van der Waals surface area contributed by atoms with Crippen LogP contribution in [0.5, 0.6) is 0 Å². The van der Waals surface area contributed by atoms with Crippen molar-refractivity contribution in [1.29, 1.82) is 0 Å². The number of nitrogens with zero attached hydrogens (tertiary/aromatic N) is 3. The lowest BCUT2D eigenvalue weighted by Crippen LogP contribution is -1.92. The van der Waals surface area contributed by atoms with Gasteiger partial charge in [0.1, 0.15) is 0 Å². The van der Waals surface area contributed by atoms with Crippen molar-refractivity contribution < 1.29 is 0 Å². The molecule has 1 N–H and O–H groups in total. The third kappa shape index (κ3) is 2.87. The van der Waals surface area contributed by atoms with Crippen LogP contribution < -0.4 is 5.43 Å². The maximum atomic E-state index is 4.66. The van der Waals surface area contributed by atoms with Gasteiger partial charge in [0.25, 0.3) is 0 Å². The van der Waals surface area contributed by atoms with Crippen molar-refractivity contribution >= 4 is 34.0 Å². The van der Waals surface area contributed by atoms with Crippen LogP contribution in [0.2, 0.25) is 0 Å². The van der Waals surface area contributed by atoms with Gasteiger partial charge in [-0.25, -0.2) is 9.97 Å². The van der Waals surface area contributed by atoms with Gasteiger partial charge in [0.15, 0.2) is 0 Å². The Hall–Kier alpha value is -3.27. The summed E-state index contributed by atoms with van der Waals surface area (Å²) in [6, 6.07) is 23.7. The van der Waals surface area contributed by atoms with Crippen LogP contribution in [0.4, 0.5) is 5.69 Å². The van der Waals surface area contributed by atoms with Crippen molar-refractivity contribution in [3.05, 3.63) is 78.4 Å². The summed E-state index contributed by atoms with van der Waals surface area (Å²) < 4.78 is 0. The summed E-state index contributed by atoms with van der Waals surface area (Å²) >= 11 is 0. The zero-order valence-electron chi connectivity index (χ0n) is 12.3. The number of anilines is 1. The third-order valence-electron chi connectivity index (χ3n) is 3.54. The number of benzene rings is 3. The standard InChI is InChI=1S/C19H14N4/c1-2-6-15(7-3-1)23-20-13-14-10-11-18-19(12-14)22-17-9-5-4-8-16(17)21-18/h1-13,23H/b20-13-. The average Bonchev–Trinajstić information content (AvgIpc) is 2.61. The lowest BCUT2D eigenvalue weighted by molar-refractivity contribution is 1.35. The van der Waals surface area contributed by atoms with Crippen LogP contribution in [0.1, 0.15) is 5.56 Å². The van der Waals surface area contributed by atoms with E-state index in [0.717, 1.165) is 33.3 Å². The predicted octanol–water partition coefficient (Wildman–Crippen LogP) is 4.23. The minimum absolute atomic E-state index is 0.868. The molecule has 0 aliphatic rings. The van der Waals surface area contributed by atoms with E-state index < -0.39 is 0 Å². The maximum absolute atomic E-state index is 4.66. The Morgan fingerprint density at radius 1 is 0.696 bits per heavy atom. The molecule has 110 valence electrons. The topological polar surface area (TPSA) is 50.2 Å². The first kappa shape index (κ1) is 13.4. The van der Waals surface area contributed by atoms with Crippen molar-refractivity contribution in [1.82, 2.24) is 9.97 Å². The van der Waals surface area contributed by atoms with Gasteiger partial charge in [-0.1, -0.05) is 36.4 Å². The smallest absolute Gasteiger partial charge is 0.0901 e. The highest BCUT2D eigenvalue weighted by molar-refractivity contribution is 5.91. The number of nitrogens with one attached hydrogen (secondary N) is 1. The Morgan fingerprint density at radius 2 is 1.35 bits per heavy atom. The molecule has 0 aliphatic heterocycles. The zero-order valence-corrected chi connectivity index (χ0v) is 12.3. The normalized spacial score (nSPS) is 11.3. The van der Waals surface area contributed by atoms with Crippen molar-refractivity contribution in [3.63, 3.8) is 0 Å². The van der Waals surface area contributed by atoms with Gasteiger partial charge in [0.2, 0.25) is 0 Å². The van der Waals surface area contributed by atoms with Gasteiger partial charge in [0, 0.05) is 0 Å². The molecule has 0 bridgehead atoms. The van der Waals surface area contributed by atoms with E-state index in [1.54, 1.807) is 6.21 Å². The van der Waals surface area contributed by atoms with Crippen LogP contribution in [0.15, 0.2) is 77.9 Å². The van der Waals surface area contributed by atoms with Crippen molar-refractivity contribution in [3.8, 4) is 0 Å². The molecule has 3 aromatic carbocycles. The zero-order chi connectivity index (χ0) is 15.5. The van der Waals surface area contributed by atoms with Gasteiger partial charge in [-0.05, 0) is 42.0 Å². The number of hydrogen-bond acceptors (Lipinski definition) is 4. The van der Waals surface area contributed by atoms with Crippen LogP contribution in [0.3, 0.4) is 0 Å². The van der Waals surface area contributed by atoms with Crippen molar-refractivity contribution in [2.75, 3.05) is 5.43 Å². The van der Waals surface area contributed by atoms with Crippen LogP contribution in [0.25, 0.3) is 22.1 Å². The lowest BCUT2D eigenvalue weighted by atomic mass is 10.2. The van der Waals surface area contributed by atoms with E-state index in [-0.39, 0.29) is 0 Å². The predicted molar refractivity (Wildman–Crippen MR) is 94.7 cm³/mol. The number of hydrogen-bond donors (Lipinski definition) is 1. The second-order valence-corrected chi connectivity index (χ2v) is 5.20. The van der Waals surface area contributed by atoms with E-state index in [0.29, 0.717) is 0 Å². The summed E-state index contributed by atoms with van der Waals surface area (Å²) in [5, 5.41) is 4.26. The van der Waals surface area contributed by atoms with E-state index in [9.17, 15) is 0 Å². The number of para-hydroxylation sites is 3. The quantitative estimate of drug-likeness (QED) is 0.350. The molecule has 1 aromatic heterocycles. The van der Waals surface area contributed by atoms with E-state index in [4.69, 9.17) is 0 Å².